The zero-order chi connectivity index (χ0) is 15.1. The molecule has 0 bridgehead atoms. The van der Waals surface area contributed by atoms with Crippen LogP contribution in [0, 0.1) is 0 Å². The SMILES string of the molecule is O=C(O)c1cc(-c2cc(C(F)(F)F)cc(Cl)c2O)on1. The fourth-order valence-corrected chi connectivity index (χ4v) is 1.67. The van der Waals surface area contributed by atoms with Crippen LogP contribution < -0.4 is 0 Å². The molecule has 5 nitrogen and oxygen atoms in total. The molecule has 0 saturated carbocycles. The van der Waals surface area contributed by atoms with Gasteiger partial charge in [-0.2, -0.15) is 13.2 Å². The second kappa shape index (κ2) is 4.71. The van der Waals surface area contributed by atoms with Gasteiger partial charge in [0.25, 0.3) is 0 Å². The van der Waals surface area contributed by atoms with Crippen molar-refractivity contribution < 1.29 is 32.7 Å². The number of halogens is 4. The molecule has 0 saturated heterocycles. The number of carbonyl (C=O) groups is 1. The smallest absolute Gasteiger partial charge is 0.416 e. The predicted octanol–water partition coefficient (Wildman–Crippen LogP) is 3.42. The molecule has 0 atom stereocenters. The molecule has 106 valence electrons. The summed E-state index contributed by atoms with van der Waals surface area (Å²) in [5.41, 5.74) is -2.01. The van der Waals surface area contributed by atoms with Crippen LogP contribution in [0.15, 0.2) is 22.7 Å². The van der Waals surface area contributed by atoms with Crippen molar-refractivity contribution in [3.05, 3.63) is 34.5 Å². The topological polar surface area (TPSA) is 83.6 Å². The normalized spacial score (nSPS) is 11.6. The van der Waals surface area contributed by atoms with Crippen LogP contribution >= 0.6 is 11.6 Å². The fourth-order valence-electron chi connectivity index (χ4n) is 1.45. The van der Waals surface area contributed by atoms with Crippen LogP contribution in [0.5, 0.6) is 5.75 Å². The van der Waals surface area contributed by atoms with E-state index in [0.29, 0.717) is 12.1 Å². The van der Waals surface area contributed by atoms with Gasteiger partial charge in [-0.05, 0) is 12.1 Å². The van der Waals surface area contributed by atoms with Crippen LogP contribution in [0.25, 0.3) is 11.3 Å². The number of carboxylic acid groups (broad SMARTS) is 1. The molecule has 0 spiro atoms. The highest BCUT2D eigenvalue weighted by Gasteiger charge is 2.33. The molecule has 0 aliphatic rings. The number of hydrogen-bond acceptors (Lipinski definition) is 4. The third-order valence-corrected chi connectivity index (χ3v) is 2.67. The first kappa shape index (κ1) is 14.2. The Kier molecular flexibility index (Phi) is 3.34. The van der Waals surface area contributed by atoms with Gasteiger partial charge < -0.3 is 14.7 Å². The highest BCUT2D eigenvalue weighted by atomic mass is 35.5. The molecule has 0 aliphatic carbocycles. The number of benzene rings is 1. The molecule has 20 heavy (non-hydrogen) atoms. The Labute approximate surface area is 114 Å². The second-order valence-corrected chi connectivity index (χ2v) is 4.14. The lowest BCUT2D eigenvalue weighted by molar-refractivity contribution is -0.137. The molecule has 2 rings (SSSR count). The molecule has 1 aromatic carbocycles. The van der Waals surface area contributed by atoms with Crippen LogP contribution in [-0.4, -0.2) is 21.3 Å². The average molecular weight is 308 g/mol. The molecule has 0 radical (unpaired) electrons. The molecule has 2 aromatic rings. The molecule has 9 heteroatoms. The van der Waals surface area contributed by atoms with Gasteiger partial charge in [0.1, 0.15) is 5.75 Å². The Morgan fingerprint density at radius 3 is 2.45 bits per heavy atom. The minimum Gasteiger partial charge on any atom is -0.506 e. The molecule has 0 unspecified atom stereocenters. The number of nitrogens with zero attached hydrogens (tertiary/aromatic N) is 1. The maximum absolute atomic E-state index is 12.6. The van der Waals surface area contributed by atoms with Crippen molar-refractivity contribution in [2.24, 2.45) is 0 Å². The van der Waals surface area contributed by atoms with Crippen molar-refractivity contribution in [3.63, 3.8) is 0 Å². The van der Waals surface area contributed by atoms with E-state index >= 15 is 0 Å². The van der Waals surface area contributed by atoms with Gasteiger partial charge in [-0.25, -0.2) is 4.79 Å². The highest BCUT2D eigenvalue weighted by molar-refractivity contribution is 6.32. The van der Waals surface area contributed by atoms with Gasteiger partial charge in [-0.15, -0.1) is 0 Å². The first-order valence-electron chi connectivity index (χ1n) is 5.00. The number of aromatic carboxylic acids is 1. The summed E-state index contributed by atoms with van der Waals surface area (Å²) < 4.78 is 42.5. The second-order valence-electron chi connectivity index (χ2n) is 3.73. The van der Waals surface area contributed by atoms with Gasteiger partial charge in [0, 0.05) is 6.07 Å². The van der Waals surface area contributed by atoms with E-state index in [-0.39, 0.29) is 5.76 Å². The van der Waals surface area contributed by atoms with E-state index in [2.05, 4.69) is 9.68 Å². The minimum atomic E-state index is -4.68. The first-order chi connectivity index (χ1) is 9.20. The van der Waals surface area contributed by atoms with Crippen LogP contribution in [-0.2, 0) is 6.18 Å². The zero-order valence-electron chi connectivity index (χ0n) is 9.40. The predicted molar refractivity (Wildman–Crippen MR) is 60.6 cm³/mol. The fraction of sp³-hybridized carbons (Fsp3) is 0.0909. The van der Waals surface area contributed by atoms with Gasteiger partial charge in [0.2, 0.25) is 0 Å². The molecule has 1 aromatic heterocycles. The standard InChI is InChI=1S/C11H5ClF3NO4/c12-6-2-4(11(13,14)15)1-5(9(6)17)8-3-7(10(18)19)16-20-8/h1-3,17H,(H,18,19). The molecule has 2 N–H and O–H groups in total. The minimum absolute atomic E-state index is 0.340. The molecular formula is C11H5ClF3NO4. The van der Waals surface area contributed by atoms with Crippen molar-refractivity contribution in [1.82, 2.24) is 5.16 Å². The molecule has 0 aliphatic heterocycles. The summed E-state index contributed by atoms with van der Waals surface area (Å²) in [5, 5.41) is 20.9. The van der Waals surface area contributed by atoms with E-state index in [1.807, 2.05) is 0 Å². The Morgan fingerprint density at radius 1 is 1.30 bits per heavy atom. The van der Waals surface area contributed by atoms with Crippen molar-refractivity contribution in [2.75, 3.05) is 0 Å². The number of phenolic OH excluding ortho intramolecular Hbond substituents is 1. The van der Waals surface area contributed by atoms with Crippen LogP contribution in [0.3, 0.4) is 0 Å². The highest BCUT2D eigenvalue weighted by Crippen LogP contribution is 2.41. The number of rotatable bonds is 2. The monoisotopic (exact) mass is 307 g/mol. The number of carboxylic acids is 1. The maximum Gasteiger partial charge on any atom is 0.416 e. The molecule has 1 heterocycles. The van der Waals surface area contributed by atoms with E-state index in [0.717, 1.165) is 6.07 Å². The third-order valence-electron chi connectivity index (χ3n) is 2.39. The third kappa shape index (κ3) is 2.55. The van der Waals surface area contributed by atoms with Gasteiger partial charge in [-0.1, -0.05) is 16.8 Å². The lowest BCUT2D eigenvalue weighted by atomic mass is 10.1. The number of alkyl halides is 3. The van der Waals surface area contributed by atoms with Crippen LogP contribution in [0.1, 0.15) is 16.1 Å². The number of aromatic nitrogens is 1. The van der Waals surface area contributed by atoms with Crippen LogP contribution in [0.4, 0.5) is 13.2 Å². The van der Waals surface area contributed by atoms with Gasteiger partial charge >= 0.3 is 12.1 Å². The quantitative estimate of drug-likeness (QED) is 0.888. The van der Waals surface area contributed by atoms with Gasteiger partial charge in [-0.3, -0.25) is 0 Å². The lowest BCUT2D eigenvalue weighted by Gasteiger charge is -2.10. The summed E-state index contributed by atoms with van der Waals surface area (Å²) in [4.78, 5) is 10.6. The summed E-state index contributed by atoms with van der Waals surface area (Å²) in [6.07, 6.45) is -4.68. The number of hydrogen-bond donors (Lipinski definition) is 2. The van der Waals surface area contributed by atoms with Crippen molar-refractivity contribution in [1.29, 1.82) is 0 Å². The average Bonchev–Trinajstić information content (AvgIpc) is 2.80. The Balaban J connectivity index is 2.60. The van der Waals surface area contributed by atoms with E-state index in [1.165, 1.54) is 0 Å². The van der Waals surface area contributed by atoms with E-state index in [9.17, 15) is 23.1 Å². The molecule has 0 amide bonds. The molecular weight excluding hydrogens is 303 g/mol. The summed E-state index contributed by atoms with van der Waals surface area (Å²) in [7, 11) is 0. The van der Waals surface area contributed by atoms with E-state index in [4.69, 9.17) is 16.7 Å². The Bertz CT molecular complexity index is 681. The summed E-state index contributed by atoms with van der Waals surface area (Å²) in [6.45, 7) is 0. The van der Waals surface area contributed by atoms with E-state index < -0.39 is 39.7 Å². The van der Waals surface area contributed by atoms with Gasteiger partial charge in [0.05, 0.1) is 16.1 Å². The number of phenols is 1. The molecule has 0 fully saturated rings. The van der Waals surface area contributed by atoms with Crippen molar-refractivity contribution in [3.8, 4) is 17.1 Å². The summed E-state index contributed by atoms with van der Waals surface area (Å²) >= 11 is 5.52. The maximum atomic E-state index is 12.6. The largest absolute Gasteiger partial charge is 0.506 e. The van der Waals surface area contributed by atoms with E-state index in [1.54, 1.807) is 0 Å². The van der Waals surface area contributed by atoms with Gasteiger partial charge in [0.15, 0.2) is 11.5 Å². The lowest BCUT2D eigenvalue weighted by Crippen LogP contribution is -2.05. The Morgan fingerprint density at radius 2 is 1.95 bits per heavy atom. The summed E-state index contributed by atoms with van der Waals surface area (Å²) in [6, 6.07) is 2.02. The Hall–Kier alpha value is -2.22. The van der Waals surface area contributed by atoms with Crippen molar-refractivity contribution >= 4 is 17.6 Å². The van der Waals surface area contributed by atoms with Crippen molar-refractivity contribution in [2.45, 2.75) is 6.18 Å². The van der Waals surface area contributed by atoms with Crippen LogP contribution in [0.2, 0.25) is 5.02 Å². The first-order valence-corrected chi connectivity index (χ1v) is 5.38. The number of aromatic hydroxyl groups is 1. The summed E-state index contributed by atoms with van der Waals surface area (Å²) in [5.74, 6) is -2.42. The zero-order valence-corrected chi connectivity index (χ0v) is 10.2.